The Labute approximate surface area is 280 Å². The van der Waals surface area contributed by atoms with Crippen LogP contribution in [0.15, 0.2) is 67.0 Å². The largest absolute Gasteiger partial charge is 1.00 e. The Hall–Kier alpha value is -4.33. The normalized spacial score (nSPS) is 14.9. The van der Waals surface area contributed by atoms with Crippen LogP contribution in [0.4, 0.5) is 19.1 Å². The van der Waals surface area contributed by atoms with E-state index in [0.29, 0.717) is 44.8 Å². The number of halogens is 4. The van der Waals surface area contributed by atoms with E-state index in [4.69, 9.17) is 0 Å². The Bertz CT molecular complexity index is 1930. The van der Waals surface area contributed by atoms with Crippen molar-refractivity contribution in [3.8, 4) is 34.1 Å². The molecule has 1 amide bonds. The molecule has 0 radical (unpaired) electrons. The summed E-state index contributed by atoms with van der Waals surface area (Å²) in [7, 11) is 4.32. The van der Waals surface area contributed by atoms with Crippen molar-refractivity contribution in [3.05, 3.63) is 83.7 Å². The van der Waals surface area contributed by atoms with Crippen molar-refractivity contribution in [2.24, 2.45) is 0 Å². The highest BCUT2D eigenvalue weighted by Gasteiger charge is 2.31. The van der Waals surface area contributed by atoms with Crippen molar-refractivity contribution < 1.29 is 46.4 Å². The highest BCUT2D eigenvalue weighted by atomic mass is 127. The first-order valence-electron chi connectivity index (χ1n) is 14.4. The molecule has 1 aliphatic heterocycles. The zero-order valence-electron chi connectivity index (χ0n) is 25.4. The third-order valence-electron chi connectivity index (χ3n) is 8.19. The predicted molar refractivity (Wildman–Crippen MR) is 162 cm³/mol. The highest BCUT2D eigenvalue weighted by Crippen LogP contribution is 2.38. The van der Waals surface area contributed by atoms with Crippen LogP contribution >= 0.6 is 0 Å². The Kier molecular flexibility index (Phi) is 9.21. The molecule has 10 nitrogen and oxygen atoms in total. The number of nitrogens with zero attached hydrogens (tertiary/aromatic N) is 8. The second kappa shape index (κ2) is 12.8. The molecule has 1 saturated heterocycles. The molecule has 238 valence electrons. The first kappa shape index (κ1) is 33.0. The minimum atomic E-state index is -4.54. The maximum absolute atomic E-state index is 13.8. The average Bonchev–Trinajstić information content (AvgIpc) is 3.64. The summed E-state index contributed by atoms with van der Waals surface area (Å²) in [5.74, 6) is -0.215. The van der Waals surface area contributed by atoms with Crippen molar-refractivity contribution >= 4 is 17.5 Å². The monoisotopic (exact) mass is 741 g/mol. The molecule has 2 aromatic carbocycles. The molecule has 3 aromatic heterocycles. The maximum atomic E-state index is 13.8. The molecule has 1 fully saturated rings. The van der Waals surface area contributed by atoms with Gasteiger partial charge in [-0.3, -0.25) is 15.0 Å². The second-order valence-corrected chi connectivity index (χ2v) is 11.8. The maximum Gasteiger partial charge on any atom is 0.416 e. The van der Waals surface area contributed by atoms with E-state index in [0.717, 1.165) is 42.8 Å². The molecular formula is C32H31F3IN9O. The SMILES string of the molecule is Cc1c(-c2ccnn2-c2ccc(C#N)cc2)cn2nc(NC(=O)CN3CC[N+](C)(C)CC3)nc2c1-c1cccc(C(F)(F)F)c1.[I-]. The van der Waals surface area contributed by atoms with Crippen molar-refractivity contribution in [2.45, 2.75) is 13.1 Å². The number of rotatable bonds is 6. The Morgan fingerprint density at radius 3 is 2.48 bits per heavy atom. The van der Waals surface area contributed by atoms with Crippen LogP contribution in [0.2, 0.25) is 0 Å². The van der Waals surface area contributed by atoms with E-state index in [1.165, 1.54) is 10.6 Å². The predicted octanol–water partition coefficient (Wildman–Crippen LogP) is 1.78. The van der Waals surface area contributed by atoms with Gasteiger partial charge in [0.15, 0.2) is 5.65 Å². The standard InChI is InChI=1S/C32H30F3N9O.HI/c1-21-26(27-11-12-37-43(27)25-9-7-22(18-36)8-10-25)19-42-30(29(21)23-5-4-6-24(17-23)32(33,34)35)39-31(40-42)38-28(45)20-41-13-15-44(2,3)16-14-41;/h4-12,17,19H,13-16,20H2,1-3H3;1H. The lowest BCUT2D eigenvalue weighted by atomic mass is 9.95. The molecule has 1 N–H and O–H groups in total. The topological polar surface area (TPSA) is 104 Å². The highest BCUT2D eigenvalue weighted by molar-refractivity contribution is 5.92. The number of nitrogens with one attached hydrogen (secondary N) is 1. The van der Waals surface area contributed by atoms with E-state index < -0.39 is 11.7 Å². The molecule has 0 unspecified atom stereocenters. The summed E-state index contributed by atoms with van der Waals surface area (Å²) in [5.41, 5.74) is 3.39. The van der Waals surface area contributed by atoms with Crippen molar-refractivity contribution in [1.82, 2.24) is 29.3 Å². The van der Waals surface area contributed by atoms with Gasteiger partial charge in [0.1, 0.15) is 0 Å². The van der Waals surface area contributed by atoms with Gasteiger partial charge in [-0.1, -0.05) is 12.1 Å². The smallest absolute Gasteiger partial charge is 0.416 e. The molecule has 0 saturated carbocycles. The lowest BCUT2D eigenvalue weighted by Crippen LogP contribution is -3.00. The van der Waals surface area contributed by atoms with Gasteiger partial charge < -0.3 is 28.5 Å². The number of carbonyl (C=O) groups excluding carboxylic acids is 1. The molecule has 0 bridgehead atoms. The number of aromatic nitrogens is 5. The third-order valence-corrected chi connectivity index (χ3v) is 8.19. The Morgan fingerprint density at radius 1 is 1.09 bits per heavy atom. The third kappa shape index (κ3) is 6.76. The number of alkyl halides is 3. The fourth-order valence-corrected chi connectivity index (χ4v) is 5.58. The lowest BCUT2D eigenvalue weighted by molar-refractivity contribution is -0.894. The summed E-state index contributed by atoms with van der Waals surface area (Å²) in [6.45, 7) is 5.43. The van der Waals surface area contributed by atoms with E-state index in [2.05, 4.69) is 45.6 Å². The summed E-state index contributed by atoms with van der Waals surface area (Å²) < 4.78 is 45.3. The van der Waals surface area contributed by atoms with Gasteiger partial charge in [-0.15, -0.1) is 5.10 Å². The molecule has 0 atom stereocenters. The molecule has 0 aliphatic carbocycles. The van der Waals surface area contributed by atoms with Gasteiger partial charge >= 0.3 is 6.18 Å². The van der Waals surface area contributed by atoms with Crippen LogP contribution in [0.25, 0.3) is 33.7 Å². The Morgan fingerprint density at radius 2 is 1.80 bits per heavy atom. The molecule has 46 heavy (non-hydrogen) atoms. The second-order valence-electron chi connectivity index (χ2n) is 11.8. The van der Waals surface area contributed by atoms with Crippen LogP contribution in [-0.2, 0) is 11.0 Å². The van der Waals surface area contributed by atoms with Crippen LogP contribution < -0.4 is 29.3 Å². The van der Waals surface area contributed by atoms with Crippen molar-refractivity contribution in [3.63, 3.8) is 0 Å². The minimum absolute atomic E-state index is 0. The zero-order valence-corrected chi connectivity index (χ0v) is 27.5. The van der Waals surface area contributed by atoms with E-state index in [1.54, 1.807) is 53.5 Å². The van der Waals surface area contributed by atoms with Crippen LogP contribution in [0.3, 0.4) is 0 Å². The lowest BCUT2D eigenvalue weighted by Gasteiger charge is -2.38. The number of hydrogen-bond donors (Lipinski definition) is 1. The van der Waals surface area contributed by atoms with Gasteiger partial charge in [0.05, 0.1) is 68.5 Å². The fourth-order valence-electron chi connectivity index (χ4n) is 5.58. The number of fused-ring (bicyclic) bond motifs is 1. The number of anilines is 1. The number of benzene rings is 2. The minimum Gasteiger partial charge on any atom is -1.00 e. The van der Waals surface area contributed by atoms with Gasteiger partial charge in [0.2, 0.25) is 11.9 Å². The molecule has 4 heterocycles. The van der Waals surface area contributed by atoms with Gasteiger partial charge in [-0.25, -0.2) is 9.20 Å². The molecule has 14 heteroatoms. The average molecular weight is 742 g/mol. The summed E-state index contributed by atoms with van der Waals surface area (Å²) in [6.07, 6.45) is -1.19. The molecule has 1 aliphatic rings. The first-order valence-corrected chi connectivity index (χ1v) is 14.4. The van der Waals surface area contributed by atoms with Crippen LogP contribution in [0.5, 0.6) is 0 Å². The summed E-state index contributed by atoms with van der Waals surface area (Å²) in [4.78, 5) is 19.7. The van der Waals surface area contributed by atoms with Gasteiger partial charge in [0.25, 0.3) is 0 Å². The van der Waals surface area contributed by atoms with Crippen LogP contribution in [0.1, 0.15) is 16.7 Å². The first-order chi connectivity index (χ1) is 21.4. The van der Waals surface area contributed by atoms with Gasteiger partial charge in [-0.2, -0.15) is 28.5 Å². The number of pyridine rings is 1. The Balaban J connectivity index is 0.00000417. The molecule has 0 spiro atoms. The number of piperazine rings is 1. The number of likely N-dealkylation sites (N-methyl/N-ethyl adjacent to an activating group) is 1. The number of quaternary nitrogens is 1. The summed E-state index contributed by atoms with van der Waals surface area (Å²) >= 11 is 0. The van der Waals surface area contributed by atoms with E-state index in [1.807, 2.05) is 6.92 Å². The summed E-state index contributed by atoms with van der Waals surface area (Å²) in [6, 6.07) is 15.9. The van der Waals surface area contributed by atoms with Gasteiger partial charge in [-0.05, 0) is 60.5 Å². The number of amides is 1. The van der Waals surface area contributed by atoms with Crippen LogP contribution in [-0.4, -0.2) is 86.5 Å². The van der Waals surface area contributed by atoms with Crippen molar-refractivity contribution in [2.75, 3.05) is 52.1 Å². The quantitative estimate of drug-likeness (QED) is 0.211. The van der Waals surface area contributed by atoms with E-state index >= 15 is 0 Å². The number of carbonyl (C=O) groups is 1. The van der Waals surface area contributed by atoms with Crippen molar-refractivity contribution in [1.29, 1.82) is 5.26 Å². The van der Waals surface area contributed by atoms with Gasteiger partial charge in [0, 0.05) is 30.4 Å². The molecule has 5 aromatic rings. The number of hydrogen-bond acceptors (Lipinski definition) is 6. The van der Waals surface area contributed by atoms with E-state index in [-0.39, 0.29) is 42.4 Å². The number of nitriles is 1. The van der Waals surface area contributed by atoms with E-state index in [9.17, 15) is 23.2 Å². The molecule has 6 rings (SSSR count). The zero-order chi connectivity index (χ0) is 31.9. The summed E-state index contributed by atoms with van der Waals surface area (Å²) in [5, 5.41) is 21.0. The van der Waals surface area contributed by atoms with Crippen LogP contribution in [0, 0.1) is 18.3 Å². The molecular weight excluding hydrogens is 710 g/mol. The fraction of sp³-hybridized carbons (Fsp3) is 0.281.